The molecule has 10 heteroatoms. The Morgan fingerprint density at radius 1 is 0.771 bits per heavy atom. The molecule has 0 bridgehead atoms. The molecule has 266 valence electrons. The summed E-state index contributed by atoms with van der Waals surface area (Å²) in [5.41, 5.74) is 1.29. The Labute approximate surface area is 287 Å². The van der Waals surface area contributed by atoms with E-state index in [1.54, 1.807) is 41.5 Å². The number of nitrogens with one attached hydrogen (secondary N) is 2. The van der Waals surface area contributed by atoms with Crippen LogP contribution in [0.4, 0.5) is 4.79 Å². The predicted octanol–water partition coefficient (Wildman–Crippen LogP) is 5.95. The molecule has 0 saturated carbocycles. The van der Waals surface area contributed by atoms with Crippen molar-refractivity contribution >= 4 is 23.9 Å². The predicted molar refractivity (Wildman–Crippen MR) is 187 cm³/mol. The number of carbonyl (C=O) groups excluding carboxylic acids is 4. The largest absolute Gasteiger partial charge is 0.458 e. The van der Waals surface area contributed by atoms with Crippen LogP contribution in [0.25, 0.3) is 0 Å². The zero-order chi connectivity index (χ0) is 36.4. The molecule has 0 heterocycles. The lowest BCUT2D eigenvalue weighted by atomic mass is 9.91. The second-order valence-corrected chi connectivity index (χ2v) is 14.9. The molecule has 3 amide bonds. The molecule has 4 atom stereocenters. The molecule has 0 aliphatic heterocycles. The number of alkyl carbamates (subject to hydrolysis) is 1. The summed E-state index contributed by atoms with van der Waals surface area (Å²) in [6.07, 6.45) is 0.592. The van der Waals surface area contributed by atoms with Gasteiger partial charge in [-0.15, -0.1) is 0 Å². The molecule has 0 spiro atoms. The van der Waals surface area contributed by atoms with Gasteiger partial charge in [-0.1, -0.05) is 62.4 Å². The molecule has 2 rings (SSSR count). The third-order valence-electron chi connectivity index (χ3n) is 7.70. The third-order valence-corrected chi connectivity index (χ3v) is 7.70. The van der Waals surface area contributed by atoms with E-state index in [4.69, 9.17) is 9.47 Å². The van der Waals surface area contributed by atoms with E-state index in [0.29, 0.717) is 17.9 Å². The topological polar surface area (TPSA) is 134 Å². The average Bonchev–Trinajstić information content (AvgIpc) is 2.96. The molecule has 2 aromatic carbocycles. The van der Waals surface area contributed by atoms with Crippen molar-refractivity contribution in [2.75, 3.05) is 6.61 Å². The Hall–Kier alpha value is -3.92. The fraction of sp³-hybridized carbons (Fsp3) is 0.579. The quantitative estimate of drug-likeness (QED) is 0.212. The van der Waals surface area contributed by atoms with Crippen LogP contribution in [0.15, 0.2) is 48.5 Å². The lowest BCUT2D eigenvalue weighted by Gasteiger charge is -2.40. The zero-order valence-corrected chi connectivity index (χ0v) is 30.7. The van der Waals surface area contributed by atoms with Crippen LogP contribution in [-0.4, -0.2) is 69.8 Å². The highest BCUT2D eigenvalue weighted by Gasteiger charge is 2.41. The van der Waals surface area contributed by atoms with Gasteiger partial charge in [-0.2, -0.15) is 0 Å². The summed E-state index contributed by atoms with van der Waals surface area (Å²) < 4.78 is 11.1. The van der Waals surface area contributed by atoms with Crippen LogP contribution in [0.5, 0.6) is 0 Å². The molecule has 2 aromatic rings. The Kier molecular flexibility index (Phi) is 14.7. The van der Waals surface area contributed by atoms with Crippen molar-refractivity contribution < 1.29 is 33.8 Å². The second kappa shape index (κ2) is 17.5. The highest BCUT2D eigenvalue weighted by molar-refractivity contribution is 5.94. The van der Waals surface area contributed by atoms with Crippen molar-refractivity contribution in [1.82, 2.24) is 15.5 Å². The van der Waals surface area contributed by atoms with Crippen molar-refractivity contribution in [1.29, 1.82) is 0 Å². The number of aliphatic hydroxyl groups is 1. The van der Waals surface area contributed by atoms with Crippen LogP contribution in [0.3, 0.4) is 0 Å². The van der Waals surface area contributed by atoms with E-state index in [1.807, 2.05) is 69.3 Å². The van der Waals surface area contributed by atoms with Gasteiger partial charge in [0.15, 0.2) is 0 Å². The number of aryl methyl sites for hydroxylation is 2. The molecule has 0 aliphatic carbocycles. The average molecular weight is 668 g/mol. The molecule has 10 nitrogen and oxygen atoms in total. The SMILES string of the molecule is Cc1cccc(C)c1C(C(=O)NC(Cc1ccccc1)C(=O)OC(C)(C)C)N(C(=O)C(CO)NC(=O)OC(C)(C)C)C(C)CCC(C)C. The number of esters is 1. The summed E-state index contributed by atoms with van der Waals surface area (Å²) in [4.78, 5) is 57.1. The van der Waals surface area contributed by atoms with E-state index in [0.717, 1.165) is 23.1 Å². The van der Waals surface area contributed by atoms with E-state index >= 15 is 0 Å². The normalized spacial score (nSPS) is 14.4. The van der Waals surface area contributed by atoms with Crippen LogP contribution in [0.2, 0.25) is 0 Å². The summed E-state index contributed by atoms with van der Waals surface area (Å²) in [6.45, 7) is 19.4. The fourth-order valence-electron chi connectivity index (χ4n) is 5.45. The molecule has 0 fully saturated rings. The zero-order valence-electron chi connectivity index (χ0n) is 30.7. The van der Waals surface area contributed by atoms with Gasteiger partial charge in [0.1, 0.15) is 29.3 Å². The number of carbonyl (C=O) groups is 4. The Morgan fingerprint density at radius 2 is 1.33 bits per heavy atom. The molecule has 0 aliphatic rings. The molecule has 3 N–H and O–H groups in total. The maximum absolute atomic E-state index is 14.7. The number of hydrogen-bond acceptors (Lipinski definition) is 7. The van der Waals surface area contributed by atoms with Gasteiger partial charge in [0.05, 0.1) is 6.61 Å². The number of rotatable bonds is 14. The number of nitrogens with zero attached hydrogens (tertiary/aromatic N) is 1. The molecular weight excluding hydrogens is 610 g/mol. The number of ether oxygens (including phenoxy) is 2. The molecular formula is C38H57N3O7. The van der Waals surface area contributed by atoms with E-state index in [9.17, 15) is 24.3 Å². The number of amides is 3. The first-order chi connectivity index (χ1) is 22.2. The van der Waals surface area contributed by atoms with Crippen molar-refractivity contribution in [3.05, 3.63) is 70.8 Å². The van der Waals surface area contributed by atoms with Gasteiger partial charge >= 0.3 is 12.1 Å². The van der Waals surface area contributed by atoms with Gasteiger partial charge in [-0.05, 0) is 103 Å². The Morgan fingerprint density at radius 3 is 1.83 bits per heavy atom. The van der Waals surface area contributed by atoms with Gasteiger partial charge in [-0.3, -0.25) is 9.59 Å². The van der Waals surface area contributed by atoms with Gasteiger partial charge in [0.25, 0.3) is 0 Å². The molecule has 0 radical (unpaired) electrons. The fourth-order valence-corrected chi connectivity index (χ4v) is 5.45. The second-order valence-electron chi connectivity index (χ2n) is 14.9. The molecule has 0 aromatic heterocycles. The van der Waals surface area contributed by atoms with E-state index in [1.165, 1.54) is 4.90 Å². The Balaban J connectivity index is 2.72. The van der Waals surface area contributed by atoms with Crippen molar-refractivity contribution in [2.24, 2.45) is 5.92 Å². The maximum atomic E-state index is 14.7. The first kappa shape index (κ1) is 40.3. The summed E-state index contributed by atoms with van der Waals surface area (Å²) >= 11 is 0. The summed E-state index contributed by atoms with van der Waals surface area (Å²) in [5, 5.41) is 15.9. The van der Waals surface area contributed by atoms with Crippen LogP contribution >= 0.6 is 0 Å². The molecule has 4 unspecified atom stereocenters. The summed E-state index contributed by atoms with van der Waals surface area (Å²) in [5.74, 6) is -1.53. The van der Waals surface area contributed by atoms with Gasteiger partial charge in [0, 0.05) is 12.5 Å². The molecule has 48 heavy (non-hydrogen) atoms. The minimum atomic E-state index is -1.40. The Bertz CT molecular complexity index is 1360. The monoisotopic (exact) mass is 667 g/mol. The van der Waals surface area contributed by atoms with Crippen molar-refractivity contribution in [2.45, 2.75) is 131 Å². The maximum Gasteiger partial charge on any atom is 0.408 e. The minimum Gasteiger partial charge on any atom is -0.458 e. The highest BCUT2D eigenvalue weighted by Crippen LogP contribution is 2.32. The number of benzene rings is 2. The standard InChI is InChI=1S/C38H57N3O7/c1-24(2)20-21-27(5)41(34(44)30(23-42)40-36(46)48-38(9,10)11)32(31-25(3)16-15-17-26(31)4)33(43)39-29(35(45)47-37(6,7)8)22-28-18-13-12-14-19-28/h12-19,24,27,29-30,32,42H,20-23H2,1-11H3,(H,39,43)(H,40,46). The van der Waals surface area contributed by atoms with Gasteiger partial charge in [0.2, 0.25) is 11.8 Å². The summed E-state index contributed by atoms with van der Waals surface area (Å²) in [6, 6.07) is 10.7. The smallest absolute Gasteiger partial charge is 0.408 e. The van der Waals surface area contributed by atoms with E-state index in [-0.39, 0.29) is 6.42 Å². The molecule has 0 saturated heterocycles. The highest BCUT2D eigenvalue weighted by atomic mass is 16.6. The van der Waals surface area contributed by atoms with Crippen molar-refractivity contribution in [3.8, 4) is 0 Å². The van der Waals surface area contributed by atoms with Crippen molar-refractivity contribution in [3.63, 3.8) is 0 Å². The lowest BCUT2D eigenvalue weighted by molar-refractivity contribution is -0.159. The summed E-state index contributed by atoms with van der Waals surface area (Å²) in [7, 11) is 0. The van der Waals surface area contributed by atoms with Gasteiger partial charge in [-0.25, -0.2) is 9.59 Å². The third kappa shape index (κ3) is 12.6. The first-order valence-corrected chi connectivity index (χ1v) is 16.8. The van der Waals surface area contributed by atoms with Crippen LogP contribution < -0.4 is 10.6 Å². The lowest BCUT2D eigenvalue weighted by Crippen LogP contribution is -2.58. The van der Waals surface area contributed by atoms with Crippen LogP contribution in [-0.2, 0) is 30.3 Å². The number of aliphatic hydroxyl groups excluding tert-OH is 1. The van der Waals surface area contributed by atoms with Crippen LogP contribution in [0.1, 0.15) is 103 Å². The van der Waals surface area contributed by atoms with Gasteiger partial charge < -0.3 is 30.1 Å². The first-order valence-electron chi connectivity index (χ1n) is 16.8. The number of hydrogen-bond donors (Lipinski definition) is 3. The van der Waals surface area contributed by atoms with Crippen LogP contribution in [0, 0.1) is 19.8 Å². The van der Waals surface area contributed by atoms with E-state index < -0.39 is 65.9 Å². The minimum absolute atomic E-state index is 0.164. The van der Waals surface area contributed by atoms with E-state index in [2.05, 4.69) is 24.5 Å².